The van der Waals surface area contributed by atoms with E-state index in [1.807, 2.05) is 11.4 Å². The number of thiazole rings is 1. The molecule has 0 saturated carbocycles. The third-order valence-corrected chi connectivity index (χ3v) is 4.67. The normalized spacial score (nSPS) is 11.6. The highest BCUT2D eigenvalue weighted by atomic mass is 32.1. The Labute approximate surface area is 165 Å². The average Bonchev–Trinajstić information content (AvgIpc) is 3.17. The van der Waals surface area contributed by atoms with Crippen molar-refractivity contribution < 1.29 is 23.4 Å². The summed E-state index contributed by atoms with van der Waals surface area (Å²) in [6.07, 6.45) is -0.774. The molecule has 3 rings (SSSR count). The summed E-state index contributed by atoms with van der Waals surface area (Å²) in [4.78, 5) is 16.8. The van der Waals surface area contributed by atoms with Crippen molar-refractivity contribution in [2.75, 3.05) is 19.5 Å². The number of nitrogens with zero attached hydrogens (tertiary/aromatic N) is 1. The molecule has 1 unspecified atom stereocenters. The molecule has 1 amide bonds. The number of carbonyl (C=O) groups excluding carboxylic acids is 1. The number of anilines is 1. The van der Waals surface area contributed by atoms with Gasteiger partial charge in [0, 0.05) is 10.9 Å². The van der Waals surface area contributed by atoms with Gasteiger partial charge in [-0.2, -0.15) is 0 Å². The van der Waals surface area contributed by atoms with Gasteiger partial charge in [0.2, 0.25) is 0 Å². The molecule has 146 valence electrons. The van der Waals surface area contributed by atoms with Gasteiger partial charge >= 0.3 is 0 Å². The molecule has 8 heteroatoms. The molecule has 0 spiro atoms. The van der Waals surface area contributed by atoms with E-state index in [1.54, 1.807) is 33.3 Å². The second kappa shape index (κ2) is 8.71. The van der Waals surface area contributed by atoms with Gasteiger partial charge in [0.1, 0.15) is 23.1 Å². The zero-order chi connectivity index (χ0) is 20.1. The van der Waals surface area contributed by atoms with Crippen LogP contribution in [-0.4, -0.2) is 31.2 Å². The molecular weight excluding hydrogens is 383 g/mol. The first-order valence-corrected chi connectivity index (χ1v) is 9.29. The number of carbonyl (C=O) groups is 1. The lowest BCUT2D eigenvalue weighted by atomic mass is 10.1. The first kappa shape index (κ1) is 19.6. The highest BCUT2D eigenvalue weighted by molar-refractivity contribution is 7.14. The molecule has 0 fully saturated rings. The van der Waals surface area contributed by atoms with E-state index in [2.05, 4.69) is 10.3 Å². The van der Waals surface area contributed by atoms with Crippen molar-refractivity contribution in [3.63, 3.8) is 0 Å². The SMILES string of the molecule is COc1ccc(OC)c(-c2csc(NC(=O)C(C)Oc3ccc(F)cc3)n2)c1. The van der Waals surface area contributed by atoms with Crippen LogP contribution in [0.5, 0.6) is 17.2 Å². The van der Waals surface area contributed by atoms with Crippen molar-refractivity contribution in [3.8, 4) is 28.5 Å². The van der Waals surface area contributed by atoms with Gasteiger partial charge in [-0.15, -0.1) is 11.3 Å². The van der Waals surface area contributed by atoms with Gasteiger partial charge in [0.25, 0.3) is 5.91 Å². The summed E-state index contributed by atoms with van der Waals surface area (Å²) in [6.45, 7) is 1.61. The van der Waals surface area contributed by atoms with Crippen LogP contribution in [-0.2, 0) is 4.79 Å². The van der Waals surface area contributed by atoms with Crippen molar-refractivity contribution >= 4 is 22.4 Å². The highest BCUT2D eigenvalue weighted by Gasteiger charge is 2.18. The van der Waals surface area contributed by atoms with Crippen LogP contribution in [0.3, 0.4) is 0 Å². The maximum absolute atomic E-state index is 13.0. The Morgan fingerprint density at radius 3 is 2.50 bits per heavy atom. The summed E-state index contributed by atoms with van der Waals surface area (Å²) < 4.78 is 29.1. The number of amides is 1. The lowest BCUT2D eigenvalue weighted by Crippen LogP contribution is -2.30. The van der Waals surface area contributed by atoms with Crippen LogP contribution in [0.25, 0.3) is 11.3 Å². The van der Waals surface area contributed by atoms with Gasteiger partial charge in [-0.1, -0.05) is 0 Å². The Bertz CT molecular complexity index is 959. The van der Waals surface area contributed by atoms with Crippen LogP contribution in [0.2, 0.25) is 0 Å². The fourth-order valence-corrected chi connectivity index (χ4v) is 3.16. The Kier molecular flexibility index (Phi) is 6.10. The highest BCUT2D eigenvalue weighted by Crippen LogP contribution is 2.35. The fraction of sp³-hybridized carbons (Fsp3) is 0.200. The predicted octanol–water partition coefficient (Wildman–Crippen LogP) is 4.37. The minimum atomic E-state index is -0.774. The van der Waals surface area contributed by atoms with Crippen molar-refractivity contribution in [1.82, 2.24) is 4.98 Å². The molecule has 3 aromatic rings. The monoisotopic (exact) mass is 402 g/mol. The van der Waals surface area contributed by atoms with E-state index in [9.17, 15) is 9.18 Å². The van der Waals surface area contributed by atoms with Gasteiger partial charge in [-0.05, 0) is 49.4 Å². The Hall–Kier alpha value is -3.13. The standard InChI is InChI=1S/C20H19FN2O4S/c1-12(27-14-6-4-13(21)5-7-14)19(24)23-20-22-17(11-28-20)16-10-15(25-2)8-9-18(16)26-3/h4-12H,1-3H3,(H,22,23,24). The zero-order valence-corrected chi connectivity index (χ0v) is 16.4. The second-order valence-corrected chi connectivity index (χ2v) is 6.67. The molecule has 0 aliphatic carbocycles. The van der Waals surface area contributed by atoms with Crippen molar-refractivity contribution in [3.05, 3.63) is 53.7 Å². The number of nitrogens with one attached hydrogen (secondary N) is 1. The van der Waals surface area contributed by atoms with E-state index in [4.69, 9.17) is 14.2 Å². The van der Waals surface area contributed by atoms with Crippen LogP contribution in [0.15, 0.2) is 47.8 Å². The Morgan fingerprint density at radius 2 is 1.82 bits per heavy atom. The molecular formula is C20H19FN2O4S. The number of halogens is 1. The van der Waals surface area contributed by atoms with Gasteiger partial charge < -0.3 is 14.2 Å². The van der Waals surface area contributed by atoms with Crippen LogP contribution >= 0.6 is 11.3 Å². The van der Waals surface area contributed by atoms with E-state index in [1.165, 1.54) is 35.6 Å². The predicted molar refractivity (Wildman–Crippen MR) is 106 cm³/mol. The van der Waals surface area contributed by atoms with E-state index in [-0.39, 0.29) is 11.7 Å². The Morgan fingerprint density at radius 1 is 1.11 bits per heavy atom. The quantitative estimate of drug-likeness (QED) is 0.635. The molecule has 1 N–H and O–H groups in total. The Balaban J connectivity index is 1.70. The van der Waals surface area contributed by atoms with Crippen molar-refractivity contribution in [2.24, 2.45) is 0 Å². The smallest absolute Gasteiger partial charge is 0.266 e. The number of ether oxygens (including phenoxy) is 3. The van der Waals surface area contributed by atoms with Crippen LogP contribution in [0, 0.1) is 5.82 Å². The molecule has 28 heavy (non-hydrogen) atoms. The van der Waals surface area contributed by atoms with Crippen molar-refractivity contribution in [2.45, 2.75) is 13.0 Å². The molecule has 0 saturated heterocycles. The van der Waals surface area contributed by atoms with Crippen LogP contribution in [0.1, 0.15) is 6.92 Å². The summed E-state index contributed by atoms with van der Waals surface area (Å²) in [5.74, 6) is 1.01. The molecule has 1 atom stereocenters. The van der Waals surface area contributed by atoms with Crippen LogP contribution < -0.4 is 19.5 Å². The summed E-state index contributed by atoms with van der Waals surface area (Å²) in [7, 11) is 3.16. The van der Waals surface area contributed by atoms with Crippen molar-refractivity contribution in [1.29, 1.82) is 0 Å². The summed E-state index contributed by atoms with van der Waals surface area (Å²) in [5.41, 5.74) is 1.41. The molecule has 0 radical (unpaired) electrons. The van der Waals surface area contributed by atoms with Gasteiger partial charge in [-0.25, -0.2) is 9.37 Å². The number of hydrogen-bond donors (Lipinski definition) is 1. The zero-order valence-electron chi connectivity index (χ0n) is 15.6. The molecule has 1 aromatic heterocycles. The maximum atomic E-state index is 13.0. The third-order valence-electron chi connectivity index (χ3n) is 3.91. The van der Waals surface area contributed by atoms with Gasteiger partial charge in [0.05, 0.1) is 19.9 Å². The number of methoxy groups -OCH3 is 2. The molecule has 0 aliphatic heterocycles. The molecule has 0 bridgehead atoms. The third kappa shape index (κ3) is 4.58. The van der Waals surface area contributed by atoms with E-state index in [0.717, 1.165) is 5.56 Å². The van der Waals surface area contributed by atoms with E-state index >= 15 is 0 Å². The fourth-order valence-electron chi connectivity index (χ4n) is 2.45. The lowest BCUT2D eigenvalue weighted by molar-refractivity contribution is -0.122. The minimum absolute atomic E-state index is 0.358. The maximum Gasteiger partial charge on any atom is 0.266 e. The lowest BCUT2D eigenvalue weighted by Gasteiger charge is -2.13. The largest absolute Gasteiger partial charge is 0.497 e. The molecule has 6 nitrogen and oxygen atoms in total. The van der Waals surface area contributed by atoms with E-state index in [0.29, 0.717) is 28.1 Å². The van der Waals surface area contributed by atoms with E-state index < -0.39 is 6.10 Å². The van der Waals surface area contributed by atoms with Gasteiger partial charge in [0.15, 0.2) is 11.2 Å². The second-order valence-electron chi connectivity index (χ2n) is 5.81. The summed E-state index contributed by atoms with van der Waals surface area (Å²) in [6, 6.07) is 10.9. The summed E-state index contributed by atoms with van der Waals surface area (Å²) in [5, 5.41) is 4.97. The number of benzene rings is 2. The first-order valence-electron chi connectivity index (χ1n) is 8.41. The molecule has 2 aromatic carbocycles. The average molecular weight is 402 g/mol. The number of hydrogen-bond acceptors (Lipinski definition) is 6. The number of rotatable bonds is 7. The number of aromatic nitrogens is 1. The topological polar surface area (TPSA) is 69.7 Å². The minimum Gasteiger partial charge on any atom is -0.497 e. The molecule has 1 heterocycles. The molecule has 0 aliphatic rings. The van der Waals surface area contributed by atoms with Crippen LogP contribution in [0.4, 0.5) is 9.52 Å². The first-order chi connectivity index (χ1) is 13.5. The summed E-state index contributed by atoms with van der Waals surface area (Å²) >= 11 is 1.29. The van der Waals surface area contributed by atoms with Gasteiger partial charge in [-0.3, -0.25) is 10.1 Å².